The molecule has 1 aromatic carbocycles. The van der Waals surface area contributed by atoms with Crippen LogP contribution in [0.1, 0.15) is 18.2 Å². The third-order valence-corrected chi connectivity index (χ3v) is 4.06. The molecule has 150 valence electrons. The summed E-state index contributed by atoms with van der Waals surface area (Å²) in [5.41, 5.74) is 1.34. The van der Waals surface area contributed by atoms with E-state index in [1.165, 1.54) is 44.4 Å². The van der Waals surface area contributed by atoms with Crippen LogP contribution in [0.2, 0.25) is 0 Å². The fraction of sp³-hybridized carbons (Fsp3) is 0.350. The van der Waals surface area contributed by atoms with Gasteiger partial charge in [-0.05, 0) is 30.2 Å². The Balaban J connectivity index is 1.97. The fourth-order valence-electron chi connectivity index (χ4n) is 2.55. The number of carbonyl (C=O) groups is 1. The summed E-state index contributed by atoms with van der Waals surface area (Å²) in [5, 5.41) is 2.74. The Morgan fingerprint density at radius 2 is 1.82 bits per heavy atom. The fourth-order valence-corrected chi connectivity index (χ4v) is 2.55. The van der Waals surface area contributed by atoms with E-state index in [9.17, 15) is 9.59 Å². The number of amides is 1. The van der Waals surface area contributed by atoms with Crippen LogP contribution in [0.5, 0.6) is 17.2 Å². The number of hydrogen-bond acceptors (Lipinski definition) is 6. The van der Waals surface area contributed by atoms with Crippen molar-refractivity contribution in [3.63, 3.8) is 0 Å². The zero-order valence-corrected chi connectivity index (χ0v) is 16.5. The van der Waals surface area contributed by atoms with Gasteiger partial charge in [-0.1, -0.05) is 6.92 Å². The summed E-state index contributed by atoms with van der Waals surface area (Å²) in [6.07, 6.45) is 5.25. The number of carbonyl (C=O) groups excluding carboxylic acids is 1. The van der Waals surface area contributed by atoms with Gasteiger partial charge in [-0.2, -0.15) is 0 Å². The minimum Gasteiger partial charge on any atom is -0.493 e. The topological polar surface area (TPSA) is 91.7 Å². The molecule has 28 heavy (non-hydrogen) atoms. The minimum absolute atomic E-state index is 0.130. The summed E-state index contributed by atoms with van der Waals surface area (Å²) in [5.74, 6) is 1.22. The Morgan fingerprint density at radius 1 is 1.14 bits per heavy atom. The number of benzene rings is 1. The van der Waals surface area contributed by atoms with Crippen LogP contribution >= 0.6 is 0 Å². The normalized spacial score (nSPS) is 10.7. The quantitative estimate of drug-likeness (QED) is 0.658. The van der Waals surface area contributed by atoms with Gasteiger partial charge in [0.2, 0.25) is 11.7 Å². The van der Waals surface area contributed by atoms with Crippen LogP contribution in [0.25, 0.3) is 6.08 Å². The summed E-state index contributed by atoms with van der Waals surface area (Å²) >= 11 is 0. The predicted molar refractivity (Wildman–Crippen MR) is 106 cm³/mol. The second-order valence-corrected chi connectivity index (χ2v) is 5.85. The molecule has 8 heteroatoms. The number of methoxy groups -OCH3 is 3. The van der Waals surface area contributed by atoms with Crippen LogP contribution in [-0.2, 0) is 17.8 Å². The molecule has 0 bridgehead atoms. The molecule has 8 nitrogen and oxygen atoms in total. The standard InChI is InChI=1S/C20H25N3O5/c1-5-15-12-19(25)23(13-22-15)9-8-21-18(24)7-6-14-10-16(26-2)20(28-4)17(11-14)27-3/h6-7,10-13H,5,8-9H2,1-4H3,(H,21,24)/b7-6+. The van der Waals surface area contributed by atoms with Crippen molar-refractivity contribution in [2.24, 2.45) is 0 Å². The lowest BCUT2D eigenvalue weighted by Crippen LogP contribution is -2.30. The molecule has 0 aliphatic heterocycles. The molecule has 0 unspecified atom stereocenters. The molecule has 1 N–H and O–H groups in total. The maximum Gasteiger partial charge on any atom is 0.253 e. The number of aryl methyl sites for hydroxylation is 1. The van der Waals surface area contributed by atoms with E-state index >= 15 is 0 Å². The number of ether oxygens (including phenoxy) is 3. The lowest BCUT2D eigenvalue weighted by molar-refractivity contribution is -0.116. The van der Waals surface area contributed by atoms with E-state index in [-0.39, 0.29) is 11.5 Å². The second kappa shape index (κ2) is 10.1. The van der Waals surface area contributed by atoms with Crippen molar-refractivity contribution in [3.05, 3.63) is 52.2 Å². The van der Waals surface area contributed by atoms with Crippen molar-refractivity contribution in [2.45, 2.75) is 19.9 Å². The Morgan fingerprint density at radius 3 is 2.36 bits per heavy atom. The summed E-state index contributed by atoms with van der Waals surface area (Å²) in [7, 11) is 4.59. The van der Waals surface area contributed by atoms with Crippen LogP contribution in [0.4, 0.5) is 0 Å². The van der Waals surface area contributed by atoms with Gasteiger partial charge in [-0.25, -0.2) is 4.98 Å². The van der Waals surface area contributed by atoms with Crippen molar-refractivity contribution in [3.8, 4) is 17.2 Å². The molecule has 2 rings (SSSR count). The largest absolute Gasteiger partial charge is 0.493 e. The number of nitrogens with zero attached hydrogens (tertiary/aromatic N) is 2. The SMILES string of the molecule is CCc1cc(=O)n(CCNC(=O)/C=C/c2cc(OC)c(OC)c(OC)c2)cn1. The van der Waals surface area contributed by atoms with E-state index in [4.69, 9.17) is 14.2 Å². The average Bonchev–Trinajstić information content (AvgIpc) is 2.72. The van der Waals surface area contributed by atoms with Crippen LogP contribution < -0.4 is 25.1 Å². The van der Waals surface area contributed by atoms with Crippen LogP contribution in [0.15, 0.2) is 35.4 Å². The summed E-state index contributed by atoms with van der Waals surface area (Å²) in [6, 6.07) is 4.99. The number of aromatic nitrogens is 2. The van der Waals surface area contributed by atoms with Crippen LogP contribution in [0.3, 0.4) is 0 Å². The number of nitrogens with one attached hydrogen (secondary N) is 1. The average molecular weight is 387 g/mol. The molecule has 0 aliphatic carbocycles. The van der Waals surface area contributed by atoms with Gasteiger partial charge in [0.1, 0.15) is 0 Å². The van der Waals surface area contributed by atoms with Gasteiger partial charge in [0.15, 0.2) is 11.5 Å². The second-order valence-electron chi connectivity index (χ2n) is 5.85. The van der Waals surface area contributed by atoms with Gasteiger partial charge in [0.25, 0.3) is 5.56 Å². The first-order valence-electron chi connectivity index (χ1n) is 8.83. The van der Waals surface area contributed by atoms with E-state index in [0.29, 0.717) is 36.8 Å². The van der Waals surface area contributed by atoms with Crippen LogP contribution in [-0.4, -0.2) is 43.3 Å². The van der Waals surface area contributed by atoms with Crippen molar-refractivity contribution < 1.29 is 19.0 Å². The molecular formula is C20H25N3O5. The first kappa shape index (κ1) is 21.0. The lowest BCUT2D eigenvalue weighted by atomic mass is 10.1. The highest BCUT2D eigenvalue weighted by atomic mass is 16.5. The zero-order chi connectivity index (χ0) is 20.5. The molecule has 0 spiro atoms. The molecule has 0 saturated carbocycles. The molecule has 0 fully saturated rings. The van der Waals surface area contributed by atoms with Gasteiger partial charge in [-0.15, -0.1) is 0 Å². The third-order valence-electron chi connectivity index (χ3n) is 4.06. The molecule has 0 aliphatic rings. The van der Waals surface area contributed by atoms with Crippen LogP contribution in [0, 0.1) is 0 Å². The molecule has 2 aromatic rings. The molecule has 1 aromatic heterocycles. The summed E-state index contributed by atoms with van der Waals surface area (Å²) < 4.78 is 17.3. The maximum atomic E-state index is 12.0. The van der Waals surface area contributed by atoms with E-state index in [1.807, 2.05) is 6.92 Å². The molecule has 1 heterocycles. The van der Waals surface area contributed by atoms with Crippen molar-refractivity contribution in [2.75, 3.05) is 27.9 Å². The molecule has 0 radical (unpaired) electrons. The van der Waals surface area contributed by atoms with E-state index in [0.717, 1.165) is 11.3 Å². The van der Waals surface area contributed by atoms with Crippen molar-refractivity contribution >= 4 is 12.0 Å². The van der Waals surface area contributed by atoms with E-state index in [1.54, 1.807) is 18.2 Å². The van der Waals surface area contributed by atoms with Gasteiger partial charge in [0.05, 0.1) is 27.7 Å². The first-order chi connectivity index (χ1) is 13.5. The molecule has 0 saturated heterocycles. The number of rotatable bonds is 9. The predicted octanol–water partition coefficient (Wildman–Crippen LogP) is 1.66. The Kier molecular flexibility index (Phi) is 7.62. The monoisotopic (exact) mass is 387 g/mol. The lowest BCUT2D eigenvalue weighted by Gasteiger charge is -2.12. The smallest absolute Gasteiger partial charge is 0.253 e. The number of hydrogen-bond donors (Lipinski definition) is 1. The molecular weight excluding hydrogens is 362 g/mol. The highest BCUT2D eigenvalue weighted by molar-refractivity contribution is 5.91. The Bertz CT molecular complexity index is 880. The Labute approximate surface area is 163 Å². The first-order valence-corrected chi connectivity index (χ1v) is 8.83. The van der Waals surface area contributed by atoms with Crippen molar-refractivity contribution in [1.82, 2.24) is 14.9 Å². The minimum atomic E-state index is -0.278. The molecule has 0 atom stereocenters. The van der Waals surface area contributed by atoms with E-state index in [2.05, 4.69) is 10.3 Å². The Hall–Kier alpha value is -3.29. The van der Waals surface area contributed by atoms with Gasteiger partial charge in [-0.3, -0.25) is 14.2 Å². The highest BCUT2D eigenvalue weighted by Crippen LogP contribution is 2.38. The maximum absolute atomic E-state index is 12.0. The van der Waals surface area contributed by atoms with Gasteiger partial charge < -0.3 is 19.5 Å². The van der Waals surface area contributed by atoms with Crippen molar-refractivity contribution in [1.29, 1.82) is 0 Å². The summed E-state index contributed by atoms with van der Waals surface area (Å²) in [4.78, 5) is 28.1. The third kappa shape index (κ3) is 5.35. The van der Waals surface area contributed by atoms with Gasteiger partial charge in [0, 0.05) is 30.9 Å². The van der Waals surface area contributed by atoms with E-state index < -0.39 is 0 Å². The zero-order valence-electron chi connectivity index (χ0n) is 16.5. The highest BCUT2D eigenvalue weighted by Gasteiger charge is 2.12. The molecule has 1 amide bonds. The van der Waals surface area contributed by atoms with Gasteiger partial charge >= 0.3 is 0 Å². The summed E-state index contributed by atoms with van der Waals surface area (Å²) in [6.45, 7) is 2.59.